The Bertz CT molecular complexity index is 905. The SMILES string of the molecule is COCc1c(C(=O)N(C)CC(C)C)cnn1-c1nccc(-c2cccs2)n1. The highest BCUT2D eigenvalue weighted by atomic mass is 32.1. The molecule has 27 heavy (non-hydrogen) atoms. The quantitative estimate of drug-likeness (QED) is 0.624. The van der Waals surface area contributed by atoms with E-state index in [1.54, 1.807) is 47.5 Å². The predicted octanol–water partition coefficient (Wildman–Crippen LogP) is 3.27. The fourth-order valence-corrected chi connectivity index (χ4v) is 3.54. The molecular weight excluding hydrogens is 362 g/mol. The van der Waals surface area contributed by atoms with E-state index in [0.29, 0.717) is 29.7 Å². The largest absolute Gasteiger partial charge is 0.378 e. The maximum absolute atomic E-state index is 12.9. The molecule has 0 unspecified atom stereocenters. The van der Waals surface area contributed by atoms with Crippen LogP contribution in [-0.4, -0.2) is 51.3 Å². The molecule has 0 bridgehead atoms. The average molecular weight is 385 g/mol. The van der Waals surface area contributed by atoms with Gasteiger partial charge in [-0.3, -0.25) is 4.79 Å². The summed E-state index contributed by atoms with van der Waals surface area (Å²) in [5.74, 6) is 0.709. The molecule has 8 heteroatoms. The van der Waals surface area contributed by atoms with Gasteiger partial charge in [-0.2, -0.15) is 9.78 Å². The van der Waals surface area contributed by atoms with E-state index in [1.807, 2.05) is 23.6 Å². The van der Waals surface area contributed by atoms with Crippen LogP contribution >= 0.6 is 11.3 Å². The Morgan fingerprint density at radius 1 is 1.37 bits per heavy atom. The number of carbonyl (C=O) groups excluding carboxylic acids is 1. The lowest BCUT2D eigenvalue weighted by Gasteiger charge is -2.19. The van der Waals surface area contributed by atoms with Gasteiger partial charge >= 0.3 is 0 Å². The van der Waals surface area contributed by atoms with Crippen LogP contribution in [-0.2, 0) is 11.3 Å². The predicted molar refractivity (Wildman–Crippen MR) is 105 cm³/mol. The smallest absolute Gasteiger partial charge is 0.257 e. The summed E-state index contributed by atoms with van der Waals surface area (Å²) in [6.07, 6.45) is 3.26. The van der Waals surface area contributed by atoms with E-state index >= 15 is 0 Å². The van der Waals surface area contributed by atoms with E-state index < -0.39 is 0 Å². The zero-order chi connectivity index (χ0) is 19.4. The lowest BCUT2D eigenvalue weighted by atomic mass is 10.2. The summed E-state index contributed by atoms with van der Waals surface area (Å²) in [6, 6.07) is 5.84. The van der Waals surface area contributed by atoms with Gasteiger partial charge in [-0.1, -0.05) is 19.9 Å². The second kappa shape index (κ2) is 8.41. The second-order valence-corrected chi connectivity index (χ2v) is 7.60. The molecule has 0 radical (unpaired) electrons. The van der Waals surface area contributed by atoms with Crippen LogP contribution in [0.25, 0.3) is 16.5 Å². The van der Waals surface area contributed by atoms with Gasteiger partial charge < -0.3 is 9.64 Å². The van der Waals surface area contributed by atoms with Crippen LogP contribution in [0.15, 0.2) is 36.0 Å². The fraction of sp³-hybridized carbons (Fsp3) is 0.368. The summed E-state index contributed by atoms with van der Waals surface area (Å²) in [6.45, 7) is 5.06. The summed E-state index contributed by atoms with van der Waals surface area (Å²) in [4.78, 5) is 24.6. The van der Waals surface area contributed by atoms with Crippen molar-refractivity contribution in [3.05, 3.63) is 47.2 Å². The highest BCUT2D eigenvalue weighted by Gasteiger charge is 2.23. The molecule has 1 amide bonds. The lowest BCUT2D eigenvalue weighted by molar-refractivity contribution is 0.0774. The van der Waals surface area contributed by atoms with Crippen molar-refractivity contribution in [2.45, 2.75) is 20.5 Å². The monoisotopic (exact) mass is 385 g/mol. The van der Waals surface area contributed by atoms with Gasteiger partial charge in [-0.05, 0) is 23.4 Å². The molecule has 3 heterocycles. The van der Waals surface area contributed by atoms with Gasteiger partial charge in [0.1, 0.15) is 0 Å². The van der Waals surface area contributed by atoms with Crippen LogP contribution in [0.4, 0.5) is 0 Å². The van der Waals surface area contributed by atoms with E-state index in [4.69, 9.17) is 4.74 Å². The Balaban J connectivity index is 1.98. The van der Waals surface area contributed by atoms with Gasteiger partial charge in [-0.15, -0.1) is 11.3 Å². The molecule has 0 saturated heterocycles. The number of ether oxygens (including phenoxy) is 1. The molecule has 0 fully saturated rings. The van der Waals surface area contributed by atoms with E-state index in [9.17, 15) is 4.79 Å². The number of aromatic nitrogens is 4. The molecule has 0 saturated carbocycles. The highest BCUT2D eigenvalue weighted by molar-refractivity contribution is 7.13. The van der Waals surface area contributed by atoms with Crippen molar-refractivity contribution in [2.24, 2.45) is 5.92 Å². The average Bonchev–Trinajstić information content (AvgIpc) is 3.31. The topological polar surface area (TPSA) is 73.1 Å². The molecule has 0 spiro atoms. The summed E-state index contributed by atoms with van der Waals surface area (Å²) in [7, 11) is 3.39. The number of carbonyl (C=O) groups is 1. The minimum Gasteiger partial charge on any atom is -0.378 e. The van der Waals surface area contributed by atoms with Crippen molar-refractivity contribution in [1.29, 1.82) is 0 Å². The van der Waals surface area contributed by atoms with E-state index in [1.165, 1.54) is 0 Å². The summed E-state index contributed by atoms with van der Waals surface area (Å²) in [5.41, 5.74) is 1.96. The number of amides is 1. The summed E-state index contributed by atoms with van der Waals surface area (Å²) < 4.78 is 6.90. The fourth-order valence-electron chi connectivity index (χ4n) is 2.85. The Kier molecular flexibility index (Phi) is 5.98. The van der Waals surface area contributed by atoms with E-state index in [0.717, 1.165) is 10.6 Å². The van der Waals surface area contributed by atoms with Gasteiger partial charge in [0.25, 0.3) is 11.9 Å². The third kappa shape index (κ3) is 4.23. The number of thiophene rings is 1. The first-order chi connectivity index (χ1) is 13.0. The second-order valence-electron chi connectivity index (χ2n) is 6.65. The Morgan fingerprint density at radius 2 is 2.19 bits per heavy atom. The first kappa shape index (κ1) is 19.2. The molecule has 0 aliphatic carbocycles. The number of methoxy groups -OCH3 is 1. The van der Waals surface area contributed by atoms with Gasteiger partial charge in [0.15, 0.2) is 0 Å². The van der Waals surface area contributed by atoms with Crippen molar-refractivity contribution >= 4 is 17.2 Å². The zero-order valence-electron chi connectivity index (χ0n) is 15.9. The Morgan fingerprint density at radius 3 is 2.85 bits per heavy atom. The minimum atomic E-state index is -0.0867. The maximum Gasteiger partial charge on any atom is 0.257 e. The van der Waals surface area contributed by atoms with Crippen LogP contribution in [0.2, 0.25) is 0 Å². The van der Waals surface area contributed by atoms with Crippen LogP contribution < -0.4 is 0 Å². The molecule has 0 aromatic carbocycles. The summed E-state index contributed by atoms with van der Waals surface area (Å²) in [5, 5.41) is 6.38. The first-order valence-corrected chi connectivity index (χ1v) is 9.57. The molecule has 0 N–H and O–H groups in total. The van der Waals surface area contributed by atoms with Crippen molar-refractivity contribution < 1.29 is 9.53 Å². The minimum absolute atomic E-state index is 0.0867. The van der Waals surface area contributed by atoms with E-state index in [2.05, 4.69) is 28.9 Å². The molecule has 3 rings (SSSR count). The first-order valence-electron chi connectivity index (χ1n) is 8.69. The molecule has 3 aromatic heterocycles. The number of hydrogen-bond acceptors (Lipinski definition) is 6. The number of rotatable bonds is 7. The molecule has 7 nitrogen and oxygen atoms in total. The lowest BCUT2D eigenvalue weighted by Crippen LogP contribution is -2.31. The van der Waals surface area contributed by atoms with Gasteiger partial charge in [0, 0.05) is 26.9 Å². The molecule has 0 atom stereocenters. The standard InChI is InChI=1S/C19H23N5O2S/c1-13(2)11-23(3)18(25)14-10-21-24(16(14)12-26-4)19-20-8-7-15(22-19)17-6-5-9-27-17/h5-10,13H,11-12H2,1-4H3. The molecule has 3 aromatic rings. The van der Waals surface area contributed by atoms with Crippen LogP contribution in [0.3, 0.4) is 0 Å². The zero-order valence-corrected chi connectivity index (χ0v) is 16.7. The van der Waals surface area contributed by atoms with Crippen LogP contribution in [0.5, 0.6) is 0 Å². The third-order valence-corrected chi connectivity index (χ3v) is 4.86. The van der Waals surface area contributed by atoms with Crippen LogP contribution in [0, 0.1) is 5.92 Å². The van der Waals surface area contributed by atoms with Gasteiger partial charge in [0.2, 0.25) is 0 Å². The van der Waals surface area contributed by atoms with Gasteiger partial charge in [0.05, 0.1) is 34.6 Å². The van der Waals surface area contributed by atoms with Crippen molar-refractivity contribution in [1.82, 2.24) is 24.6 Å². The number of nitrogens with zero attached hydrogens (tertiary/aromatic N) is 5. The van der Waals surface area contributed by atoms with E-state index in [-0.39, 0.29) is 12.5 Å². The highest BCUT2D eigenvalue weighted by Crippen LogP contribution is 2.23. The molecule has 142 valence electrons. The Hall–Kier alpha value is -2.58. The summed E-state index contributed by atoms with van der Waals surface area (Å²) >= 11 is 1.61. The van der Waals surface area contributed by atoms with Crippen LogP contribution in [0.1, 0.15) is 29.9 Å². The third-order valence-electron chi connectivity index (χ3n) is 3.97. The molecular formula is C19H23N5O2S. The van der Waals surface area contributed by atoms with Crippen molar-refractivity contribution in [3.8, 4) is 16.5 Å². The normalized spacial score (nSPS) is 11.1. The molecule has 0 aliphatic heterocycles. The Labute approximate surface area is 162 Å². The van der Waals surface area contributed by atoms with Crippen molar-refractivity contribution in [3.63, 3.8) is 0 Å². The molecule has 0 aliphatic rings. The van der Waals surface area contributed by atoms with Gasteiger partial charge in [-0.25, -0.2) is 9.97 Å². The maximum atomic E-state index is 12.9. The van der Waals surface area contributed by atoms with Crippen molar-refractivity contribution in [2.75, 3.05) is 20.7 Å². The number of hydrogen-bond donors (Lipinski definition) is 0.